The summed E-state index contributed by atoms with van der Waals surface area (Å²) >= 11 is 9.65. The number of fused-ring (bicyclic) bond motifs is 1. The van der Waals surface area contributed by atoms with Gasteiger partial charge in [0.1, 0.15) is 12.4 Å². The van der Waals surface area contributed by atoms with Crippen LogP contribution in [-0.4, -0.2) is 12.6 Å². The Morgan fingerprint density at radius 3 is 2.44 bits per heavy atom. The van der Waals surface area contributed by atoms with Crippen LogP contribution in [0.15, 0.2) is 93.1 Å². The van der Waals surface area contributed by atoms with Crippen molar-refractivity contribution in [3.8, 4) is 11.1 Å². The molecule has 1 aromatic heterocycles. The van der Waals surface area contributed by atoms with Crippen LogP contribution in [0.1, 0.15) is 31.1 Å². The minimum Gasteiger partial charge on any atom is -0.459 e. The predicted octanol–water partition coefficient (Wildman–Crippen LogP) is 8.33. The first-order chi connectivity index (χ1) is 17.3. The zero-order valence-corrected chi connectivity index (χ0v) is 22.3. The van der Waals surface area contributed by atoms with E-state index in [1.807, 2.05) is 56.3 Å². The zero-order chi connectivity index (χ0) is 25.8. The van der Waals surface area contributed by atoms with Gasteiger partial charge in [-0.15, -0.1) is 6.58 Å². The number of hydrogen-bond donors (Lipinski definition) is 0. The molecule has 7 heteroatoms. The Labute approximate surface area is 223 Å². The Balaban J connectivity index is 1.79. The number of amides is 1. The second kappa shape index (κ2) is 11.1. The van der Waals surface area contributed by atoms with Crippen molar-refractivity contribution >= 4 is 50.3 Å². The lowest BCUT2D eigenvalue weighted by Gasteiger charge is -2.23. The largest absolute Gasteiger partial charge is 0.459 e. The highest BCUT2D eigenvalue weighted by molar-refractivity contribution is 9.10. The molecule has 0 aliphatic rings. The molecule has 4 rings (SSSR count). The summed E-state index contributed by atoms with van der Waals surface area (Å²) in [5, 5.41) is 0.986. The molecule has 4 aromatic rings. The highest BCUT2D eigenvalue weighted by atomic mass is 79.9. The Hall–Kier alpha value is -3.35. The van der Waals surface area contributed by atoms with E-state index in [9.17, 15) is 9.59 Å². The molecule has 184 valence electrons. The minimum absolute atomic E-state index is 0.0662. The van der Waals surface area contributed by atoms with Crippen molar-refractivity contribution in [2.24, 2.45) is 0 Å². The molecule has 5 nitrogen and oxygen atoms in total. The first-order valence-electron chi connectivity index (χ1n) is 11.5. The van der Waals surface area contributed by atoms with Gasteiger partial charge in [0.15, 0.2) is 5.58 Å². The van der Waals surface area contributed by atoms with Crippen molar-refractivity contribution in [2.45, 2.75) is 26.4 Å². The summed E-state index contributed by atoms with van der Waals surface area (Å²) in [5.41, 5.74) is 2.83. The summed E-state index contributed by atoms with van der Waals surface area (Å²) in [6.07, 6.45) is 1.07. The van der Waals surface area contributed by atoms with E-state index in [0.717, 1.165) is 11.1 Å². The van der Waals surface area contributed by atoms with E-state index in [1.165, 1.54) is 4.90 Å². The van der Waals surface area contributed by atoms with Gasteiger partial charge in [0.05, 0.1) is 21.1 Å². The summed E-state index contributed by atoms with van der Waals surface area (Å²) < 4.78 is 12.4. The van der Waals surface area contributed by atoms with Crippen LogP contribution in [-0.2, 0) is 11.3 Å². The second-order valence-electron chi connectivity index (χ2n) is 8.55. The van der Waals surface area contributed by atoms with E-state index < -0.39 is 6.09 Å². The van der Waals surface area contributed by atoms with Crippen LogP contribution >= 0.6 is 27.5 Å². The maximum atomic E-state index is 13.7. The fourth-order valence-corrected chi connectivity index (χ4v) is 4.70. The number of ether oxygens (including phenoxy) is 1. The Bertz CT molecular complexity index is 1460. The molecule has 0 spiro atoms. The van der Waals surface area contributed by atoms with Gasteiger partial charge in [-0.1, -0.05) is 74.0 Å². The number of rotatable bonds is 7. The molecule has 0 N–H and O–H groups in total. The molecule has 0 fully saturated rings. The molecule has 0 unspecified atom stereocenters. The van der Waals surface area contributed by atoms with Crippen molar-refractivity contribution in [1.82, 2.24) is 0 Å². The fraction of sp³-hybridized carbons (Fsp3) is 0.172. The van der Waals surface area contributed by atoms with Crippen molar-refractivity contribution in [1.29, 1.82) is 0 Å². The summed E-state index contributed by atoms with van der Waals surface area (Å²) in [4.78, 5) is 28.1. The maximum absolute atomic E-state index is 13.7. The predicted molar refractivity (Wildman–Crippen MR) is 149 cm³/mol. The first-order valence-corrected chi connectivity index (χ1v) is 12.6. The minimum atomic E-state index is -0.539. The number of benzene rings is 3. The SMILES string of the molecule is C=CCN(C(=O)OCc1ccccc1)c1ccc2c(=O)c(-c3ccc(Cl)cc3)c(C(C)C)oc2c1Br. The third kappa shape index (κ3) is 5.25. The smallest absolute Gasteiger partial charge is 0.414 e. The molecule has 3 aromatic carbocycles. The normalized spacial score (nSPS) is 11.0. The number of anilines is 1. The van der Waals surface area contributed by atoms with E-state index in [1.54, 1.807) is 30.3 Å². The summed E-state index contributed by atoms with van der Waals surface area (Å²) in [5.74, 6) is 0.484. The molecule has 36 heavy (non-hydrogen) atoms. The van der Waals surface area contributed by atoms with Crippen LogP contribution in [0.2, 0.25) is 5.02 Å². The molecule has 0 saturated carbocycles. The van der Waals surface area contributed by atoms with Crippen molar-refractivity contribution in [3.05, 3.63) is 110 Å². The lowest BCUT2D eigenvalue weighted by Crippen LogP contribution is -2.32. The molecule has 0 saturated heterocycles. The highest BCUT2D eigenvalue weighted by Gasteiger charge is 2.25. The first kappa shape index (κ1) is 25.7. The molecule has 0 bridgehead atoms. The van der Waals surface area contributed by atoms with Gasteiger partial charge in [-0.05, 0) is 51.3 Å². The maximum Gasteiger partial charge on any atom is 0.414 e. The van der Waals surface area contributed by atoms with E-state index in [2.05, 4.69) is 22.5 Å². The van der Waals surface area contributed by atoms with Crippen LogP contribution in [0, 0.1) is 0 Å². The van der Waals surface area contributed by atoms with E-state index in [-0.39, 0.29) is 24.5 Å². The number of carbonyl (C=O) groups is 1. The average Bonchev–Trinajstić information content (AvgIpc) is 2.88. The average molecular weight is 567 g/mol. The quantitative estimate of drug-likeness (QED) is 0.211. The van der Waals surface area contributed by atoms with Crippen molar-refractivity contribution in [2.75, 3.05) is 11.4 Å². The Morgan fingerprint density at radius 2 is 1.81 bits per heavy atom. The molecule has 1 amide bonds. The highest BCUT2D eigenvalue weighted by Crippen LogP contribution is 2.37. The lowest BCUT2D eigenvalue weighted by molar-refractivity contribution is 0.147. The molecular formula is C29H25BrClNO4. The van der Waals surface area contributed by atoms with Crippen molar-refractivity contribution < 1.29 is 13.9 Å². The molecule has 0 radical (unpaired) electrons. The molecular weight excluding hydrogens is 542 g/mol. The standard InChI is InChI=1S/C29H25BrClNO4/c1-4-16-32(29(34)35-17-19-8-6-5-7-9-19)23-15-14-22-26(33)24(20-10-12-21(31)13-11-20)27(18(2)3)36-28(22)25(23)30/h4-15,18H,1,16-17H2,2-3H3. The topological polar surface area (TPSA) is 59.8 Å². The Kier molecular flexibility index (Phi) is 7.97. The Morgan fingerprint density at radius 1 is 1.11 bits per heavy atom. The van der Waals surface area contributed by atoms with Gasteiger partial charge >= 0.3 is 6.09 Å². The zero-order valence-electron chi connectivity index (χ0n) is 20.0. The van der Waals surface area contributed by atoms with Gasteiger partial charge in [0, 0.05) is 17.5 Å². The van der Waals surface area contributed by atoms with E-state index >= 15 is 0 Å². The molecule has 1 heterocycles. The fourth-order valence-electron chi connectivity index (χ4n) is 3.93. The van der Waals surface area contributed by atoms with Crippen LogP contribution < -0.4 is 10.3 Å². The van der Waals surface area contributed by atoms with Crippen LogP contribution in [0.3, 0.4) is 0 Å². The monoisotopic (exact) mass is 565 g/mol. The van der Waals surface area contributed by atoms with Gasteiger partial charge in [-0.2, -0.15) is 0 Å². The number of hydrogen-bond acceptors (Lipinski definition) is 4. The van der Waals surface area contributed by atoms with Gasteiger partial charge < -0.3 is 9.15 Å². The number of halogens is 2. The van der Waals surface area contributed by atoms with Crippen LogP contribution in [0.4, 0.5) is 10.5 Å². The molecule has 0 aliphatic carbocycles. The van der Waals surface area contributed by atoms with Gasteiger partial charge in [0.2, 0.25) is 5.43 Å². The third-order valence-electron chi connectivity index (χ3n) is 5.69. The summed E-state index contributed by atoms with van der Waals surface area (Å²) in [6, 6.07) is 19.9. The van der Waals surface area contributed by atoms with Crippen LogP contribution in [0.5, 0.6) is 0 Å². The molecule has 0 atom stereocenters. The van der Waals surface area contributed by atoms with E-state index in [4.69, 9.17) is 20.8 Å². The molecule has 0 aliphatic heterocycles. The number of nitrogens with zero attached hydrogens (tertiary/aromatic N) is 1. The third-order valence-corrected chi connectivity index (χ3v) is 6.71. The van der Waals surface area contributed by atoms with Gasteiger partial charge in [0.25, 0.3) is 0 Å². The van der Waals surface area contributed by atoms with Crippen LogP contribution in [0.25, 0.3) is 22.1 Å². The van der Waals surface area contributed by atoms with Gasteiger partial charge in [-0.25, -0.2) is 4.79 Å². The van der Waals surface area contributed by atoms with E-state index in [0.29, 0.717) is 37.5 Å². The van der Waals surface area contributed by atoms with Crippen molar-refractivity contribution in [3.63, 3.8) is 0 Å². The van der Waals surface area contributed by atoms with Gasteiger partial charge in [-0.3, -0.25) is 9.69 Å². The number of carbonyl (C=O) groups excluding carboxylic acids is 1. The summed E-state index contributed by atoms with van der Waals surface area (Å²) in [7, 11) is 0. The summed E-state index contributed by atoms with van der Waals surface area (Å²) in [6.45, 7) is 8.05. The lowest BCUT2D eigenvalue weighted by atomic mass is 9.97. The second-order valence-corrected chi connectivity index (χ2v) is 9.78.